The van der Waals surface area contributed by atoms with E-state index in [2.05, 4.69) is 27.9 Å². The minimum Gasteiger partial charge on any atom is -0.332 e. The molecule has 0 amide bonds. The van der Waals surface area contributed by atoms with E-state index in [0.717, 1.165) is 25.0 Å². The monoisotopic (exact) mass is 242 g/mol. The van der Waals surface area contributed by atoms with Crippen molar-refractivity contribution in [1.82, 2.24) is 9.55 Å². The molecular weight excluding hydrogens is 224 g/mol. The first-order chi connectivity index (χ1) is 8.72. The van der Waals surface area contributed by atoms with Gasteiger partial charge in [0.05, 0.1) is 6.07 Å². The van der Waals surface area contributed by atoms with Crippen molar-refractivity contribution in [3.63, 3.8) is 0 Å². The average molecular weight is 242 g/mol. The summed E-state index contributed by atoms with van der Waals surface area (Å²) in [5, 5.41) is 9.76. The largest absolute Gasteiger partial charge is 0.332 e. The number of nitrogens with zero attached hydrogens (tertiary/aromatic N) is 3. The molecule has 4 nitrogen and oxygen atoms in total. The maximum Gasteiger partial charge on any atom is 0.140 e. The molecule has 0 aliphatic carbocycles. The molecule has 0 spiro atoms. The van der Waals surface area contributed by atoms with Gasteiger partial charge in [-0.05, 0) is 37.5 Å². The van der Waals surface area contributed by atoms with Gasteiger partial charge in [-0.2, -0.15) is 5.26 Å². The summed E-state index contributed by atoms with van der Waals surface area (Å²) in [5.41, 5.74) is 8.11. The summed E-state index contributed by atoms with van der Waals surface area (Å²) in [5.74, 6) is 0. The van der Waals surface area contributed by atoms with Gasteiger partial charge in [-0.15, -0.1) is 0 Å². The van der Waals surface area contributed by atoms with E-state index in [1.54, 1.807) is 6.20 Å². The molecule has 94 valence electrons. The Hall–Kier alpha value is -1.86. The fourth-order valence-electron chi connectivity index (χ4n) is 2.20. The van der Waals surface area contributed by atoms with Gasteiger partial charge in [0.25, 0.3) is 0 Å². The third kappa shape index (κ3) is 2.69. The molecule has 0 saturated heterocycles. The number of pyridine rings is 1. The lowest BCUT2D eigenvalue weighted by Crippen LogP contribution is -2.17. The summed E-state index contributed by atoms with van der Waals surface area (Å²) in [6, 6.07) is 6.35. The zero-order valence-electron chi connectivity index (χ0n) is 10.6. The molecule has 18 heavy (non-hydrogen) atoms. The Morgan fingerprint density at radius 2 is 2.39 bits per heavy atom. The van der Waals surface area contributed by atoms with Gasteiger partial charge in [0.15, 0.2) is 0 Å². The number of hydrogen-bond donors (Lipinski definition) is 1. The minimum atomic E-state index is 0.142. The first-order valence-electron chi connectivity index (χ1n) is 6.27. The Morgan fingerprint density at radius 1 is 1.56 bits per heavy atom. The van der Waals surface area contributed by atoms with Crippen LogP contribution >= 0.6 is 0 Å². The van der Waals surface area contributed by atoms with Gasteiger partial charge in [-0.3, -0.25) is 0 Å². The van der Waals surface area contributed by atoms with Crippen molar-refractivity contribution in [2.75, 3.05) is 0 Å². The molecule has 0 aliphatic rings. The van der Waals surface area contributed by atoms with Crippen molar-refractivity contribution in [2.24, 2.45) is 5.73 Å². The molecule has 0 aliphatic heterocycles. The molecule has 0 fully saturated rings. The van der Waals surface area contributed by atoms with Gasteiger partial charge in [0.1, 0.15) is 5.65 Å². The zero-order chi connectivity index (χ0) is 13.0. The van der Waals surface area contributed by atoms with Crippen LogP contribution in [0.15, 0.2) is 24.5 Å². The lowest BCUT2D eigenvalue weighted by Gasteiger charge is -2.02. The molecule has 0 bridgehead atoms. The van der Waals surface area contributed by atoms with Gasteiger partial charge < -0.3 is 10.3 Å². The second-order valence-corrected chi connectivity index (χ2v) is 4.67. The van der Waals surface area contributed by atoms with Crippen LogP contribution in [0.4, 0.5) is 0 Å². The van der Waals surface area contributed by atoms with E-state index in [0.29, 0.717) is 6.42 Å². The van der Waals surface area contributed by atoms with E-state index in [1.165, 1.54) is 10.9 Å². The van der Waals surface area contributed by atoms with Crippen LogP contribution in [0.3, 0.4) is 0 Å². The highest BCUT2D eigenvalue weighted by Crippen LogP contribution is 2.21. The topological polar surface area (TPSA) is 67.6 Å². The summed E-state index contributed by atoms with van der Waals surface area (Å²) in [6.07, 6.45) is 6.22. The number of aromatic nitrogens is 2. The van der Waals surface area contributed by atoms with Crippen LogP contribution in [0.5, 0.6) is 0 Å². The highest BCUT2D eigenvalue weighted by atomic mass is 15.0. The maximum atomic E-state index is 8.59. The van der Waals surface area contributed by atoms with Crippen LogP contribution in [-0.2, 0) is 13.0 Å². The summed E-state index contributed by atoms with van der Waals surface area (Å²) in [4.78, 5) is 4.43. The number of aryl methyl sites for hydroxylation is 1. The molecule has 2 aromatic heterocycles. The number of unbranched alkanes of at least 4 members (excludes halogenated alkanes) is 1. The van der Waals surface area contributed by atoms with Crippen LogP contribution in [0, 0.1) is 11.3 Å². The molecular formula is C14H18N4. The fraction of sp³-hybridized carbons (Fsp3) is 0.429. The van der Waals surface area contributed by atoms with Crippen molar-refractivity contribution in [2.45, 2.75) is 38.8 Å². The summed E-state index contributed by atoms with van der Waals surface area (Å²) >= 11 is 0. The van der Waals surface area contributed by atoms with Gasteiger partial charge in [-0.25, -0.2) is 4.98 Å². The number of hydrogen-bond acceptors (Lipinski definition) is 3. The average Bonchev–Trinajstić information content (AvgIpc) is 2.68. The Bertz CT molecular complexity index is 563. The van der Waals surface area contributed by atoms with E-state index in [4.69, 9.17) is 11.0 Å². The van der Waals surface area contributed by atoms with E-state index >= 15 is 0 Å². The van der Waals surface area contributed by atoms with Gasteiger partial charge >= 0.3 is 0 Å². The number of rotatable bonds is 5. The molecule has 2 N–H and O–H groups in total. The van der Waals surface area contributed by atoms with E-state index < -0.39 is 0 Å². The second kappa shape index (κ2) is 5.65. The van der Waals surface area contributed by atoms with Gasteiger partial charge in [-0.1, -0.05) is 0 Å². The standard InChI is InChI=1S/C14H18N4/c1-11(16)9-12-10-18(8-3-2-6-15)14-13(12)5-4-7-17-14/h4-5,7,10-11H,2-3,8-9,16H2,1H3. The molecule has 2 rings (SSSR count). The minimum absolute atomic E-state index is 0.142. The molecule has 2 heterocycles. The molecule has 0 saturated carbocycles. The van der Waals surface area contributed by atoms with Crippen LogP contribution < -0.4 is 5.73 Å². The lowest BCUT2D eigenvalue weighted by atomic mass is 10.1. The first-order valence-corrected chi connectivity index (χ1v) is 6.27. The Balaban J connectivity index is 2.32. The number of nitriles is 1. The summed E-state index contributed by atoms with van der Waals surface area (Å²) < 4.78 is 2.13. The molecule has 0 aromatic carbocycles. The van der Waals surface area contributed by atoms with Crippen molar-refractivity contribution < 1.29 is 0 Å². The third-order valence-corrected chi connectivity index (χ3v) is 2.95. The Morgan fingerprint density at radius 3 is 3.11 bits per heavy atom. The predicted molar refractivity (Wildman–Crippen MR) is 71.9 cm³/mol. The van der Waals surface area contributed by atoms with Crippen molar-refractivity contribution >= 4 is 11.0 Å². The molecule has 2 aromatic rings. The predicted octanol–water partition coefficient (Wildman–Crippen LogP) is 2.23. The Kier molecular flexibility index (Phi) is 3.96. The first kappa shape index (κ1) is 12.6. The molecule has 1 unspecified atom stereocenters. The maximum absolute atomic E-state index is 8.59. The summed E-state index contributed by atoms with van der Waals surface area (Å²) in [7, 11) is 0. The summed E-state index contributed by atoms with van der Waals surface area (Å²) in [6.45, 7) is 2.84. The van der Waals surface area contributed by atoms with Gasteiger partial charge in [0, 0.05) is 36.8 Å². The van der Waals surface area contributed by atoms with Crippen LogP contribution in [-0.4, -0.2) is 15.6 Å². The smallest absolute Gasteiger partial charge is 0.140 e. The Labute approximate surface area is 107 Å². The van der Waals surface area contributed by atoms with E-state index in [1.807, 2.05) is 13.0 Å². The van der Waals surface area contributed by atoms with Gasteiger partial charge in [0.2, 0.25) is 0 Å². The number of nitrogens with two attached hydrogens (primary N) is 1. The van der Waals surface area contributed by atoms with Crippen molar-refractivity contribution in [3.8, 4) is 6.07 Å². The zero-order valence-corrected chi connectivity index (χ0v) is 10.6. The third-order valence-electron chi connectivity index (χ3n) is 2.95. The van der Waals surface area contributed by atoms with Crippen molar-refractivity contribution in [3.05, 3.63) is 30.1 Å². The second-order valence-electron chi connectivity index (χ2n) is 4.67. The van der Waals surface area contributed by atoms with Crippen molar-refractivity contribution in [1.29, 1.82) is 5.26 Å². The van der Waals surface area contributed by atoms with E-state index in [-0.39, 0.29) is 6.04 Å². The highest BCUT2D eigenvalue weighted by Gasteiger charge is 2.10. The SMILES string of the molecule is CC(N)Cc1cn(CCCC#N)c2ncccc12. The van der Waals surface area contributed by atoms with Crippen LogP contribution in [0.2, 0.25) is 0 Å². The molecule has 1 atom stereocenters. The van der Waals surface area contributed by atoms with Crippen LogP contribution in [0.1, 0.15) is 25.3 Å². The molecule has 4 heteroatoms. The normalized spacial score (nSPS) is 12.5. The quantitative estimate of drug-likeness (QED) is 0.817. The lowest BCUT2D eigenvalue weighted by molar-refractivity contribution is 0.663. The van der Waals surface area contributed by atoms with Crippen LogP contribution in [0.25, 0.3) is 11.0 Å². The number of fused-ring (bicyclic) bond motifs is 1. The van der Waals surface area contributed by atoms with E-state index in [9.17, 15) is 0 Å². The highest BCUT2D eigenvalue weighted by molar-refractivity contribution is 5.80. The molecule has 0 radical (unpaired) electrons. The fourth-order valence-corrected chi connectivity index (χ4v) is 2.20.